The quantitative estimate of drug-likeness (QED) is 0.405. The lowest BCUT2D eigenvalue weighted by Crippen LogP contribution is -2.11. The van der Waals surface area contributed by atoms with Gasteiger partial charge < -0.3 is 19.5 Å². The number of ether oxygens (including phenoxy) is 3. The van der Waals surface area contributed by atoms with Gasteiger partial charge in [-0.15, -0.1) is 0 Å². The van der Waals surface area contributed by atoms with E-state index in [4.69, 9.17) is 14.2 Å². The van der Waals surface area contributed by atoms with Gasteiger partial charge in [0, 0.05) is 24.1 Å². The summed E-state index contributed by atoms with van der Waals surface area (Å²) in [7, 11) is 1.65. The maximum atomic E-state index is 12.3. The molecule has 6 nitrogen and oxygen atoms in total. The van der Waals surface area contributed by atoms with E-state index >= 15 is 0 Å². The van der Waals surface area contributed by atoms with Crippen molar-refractivity contribution < 1.29 is 23.8 Å². The Kier molecular flexibility index (Phi) is 8.75. The number of nitrogens with one attached hydrogen (secondary N) is 1. The third-order valence-corrected chi connectivity index (χ3v) is 5.37. The fourth-order valence-electron chi connectivity index (χ4n) is 3.58. The second-order valence-corrected chi connectivity index (χ2v) is 8.13. The van der Waals surface area contributed by atoms with Crippen LogP contribution in [0.5, 0.6) is 5.75 Å². The summed E-state index contributed by atoms with van der Waals surface area (Å²) >= 11 is 0. The zero-order valence-electron chi connectivity index (χ0n) is 19.1. The Morgan fingerprint density at radius 1 is 1.30 bits per heavy atom. The summed E-state index contributed by atoms with van der Waals surface area (Å²) in [6, 6.07) is 0. The van der Waals surface area contributed by atoms with Crippen molar-refractivity contribution in [3.05, 3.63) is 33.9 Å². The molecule has 0 unspecified atom stereocenters. The lowest BCUT2D eigenvalue weighted by Gasteiger charge is -2.19. The van der Waals surface area contributed by atoms with Crippen molar-refractivity contribution in [2.75, 3.05) is 25.6 Å². The number of rotatable bonds is 11. The van der Waals surface area contributed by atoms with Gasteiger partial charge in [0.15, 0.2) is 0 Å². The summed E-state index contributed by atoms with van der Waals surface area (Å²) in [4.78, 5) is 24.3. The molecule has 30 heavy (non-hydrogen) atoms. The van der Waals surface area contributed by atoms with Gasteiger partial charge in [0.2, 0.25) is 0 Å². The van der Waals surface area contributed by atoms with Crippen LogP contribution in [-0.2, 0) is 27.3 Å². The van der Waals surface area contributed by atoms with Crippen LogP contribution in [0.15, 0.2) is 11.6 Å². The molecule has 1 heterocycles. The van der Waals surface area contributed by atoms with Gasteiger partial charge in [0.25, 0.3) is 0 Å². The fourth-order valence-corrected chi connectivity index (χ4v) is 3.58. The SMILES string of the molecule is CCNc1c(CC=C(C)CCC(=O)OCCC(C)C)c(OC)c(C)c2c1C(=O)OC2. The molecule has 0 saturated carbocycles. The van der Waals surface area contributed by atoms with Gasteiger partial charge >= 0.3 is 11.9 Å². The third kappa shape index (κ3) is 5.77. The summed E-state index contributed by atoms with van der Waals surface area (Å²) in [5.74, 6) is 0.844. The van der Waals surface area contributed by atoms with Crippen LogP contribution >= 0.6 is 0 Å². The summed E-state index contributed by atoms with van der Waals surface area (Å²) in [6.07, 6.45) is 4.58. The lowest BCUT2D eigenvalue weighted by atomic mass is 9.93. The first-order valence-electron chi connectivity index (χ1n) is 10.7. The zero-order valence-corrected chi connectivity index (χ0v) is 19.1. The number of benzene rings is 1. The molecular formula is C24H35NO5. The zero-order chi connectivity index (χ0) is 22.3. The van der Waals surface area contributed by atoms with Crippen LogP contribution in [0.1, 0.15) is 74.0 Å². The van der Waals surface area contributed by atoms with Crippen LogP contribution < -0.4 is 10.1 Å². The molecule has 0 amide bonds. The lowest BCUT2D eigenvalue weighted by molar-refractivity contribution is -0.143. The Morgan fingerprint density at radius 2 is 2.03 bits per heavy atom. The highest BCUT2D eigenvalue weighted by Crippen LogP contribution is 2.41. The maximum Gasteiger partial charge on any atom is 0.341 e. The number of cyclic esters (lactones) is 1. The second kappa shape index (κ2) is 11.0. The van der Waals surface area contributed by atoms with E-state index in [0.717, 1.165) is 40.1 Å². The molecule has 6 heteroatoms. The van der Waals surface area contributed by atoms with E-state index in [0.29, 0.717) is 43.9 Å². The van der Waals surface area contributed by atoms with E-state index in [1.165, 1.54) is 0 Å². The Bertz CT molecular complexity index is 811. The number of carbonyl (C=O) groups is 2. The van der Waals surface area contributed by atoms with Crippen LogP contribution in [0.2, 0.25) is 0 Å². The van der Waals surface area contributed by atoms with Crippen LogP contribution in [0.25, 0.3) is 0 Å². The van der Waals surface area contributed by atoms with E-state index in [9.17, 15) is 9.59 Å². The van der Waals surface area contributed by atoms with Crippen molar-refractivity contribution in [2.24, 2.45) is 5.92 Å². The summed E-state index contributed by atoms with van der Waals surface area (Å²) in [6.45, 7) is 11.6. The van der Waals surface area contributed by atoms with Gasteiger partial charge in [-0.25, -0.2) is 4.79 Å². The van der Waals surface area contributed by atoms with Crippen molar-refractivity contribution in [3.63, 3.8) is 0 Å². The molecule has 2 rings (SSSR count). The van der Waals surface area contributed by atoms with E-state index in [-0.39, 0.29) is 18.5 Å². The number of esters is 2. The maximum absolute atomic E-state index is 12.3. The Labute approximate surface area is 180 Å². The molecule has 1 N–H and O–H groups in total. The fraction of sp³-hybridized carbons (Fsp3) is 0.583. The number of allylic oxidation sites excluding steroid dienone is 2. The highest BCUT2D eigenvalue weighted by Gasteiger charge is 2.31. The molecule has 1 aromatic carbocycles. The van der Waals surface area contributed by atoms with E-state index < -0.39 is 0 Å². The molecule has 0 atom stereocenters. The predicted octanol–water partition coefficient (Wildman–Crippen LogP) is 4.96. The van der Waals surface area contributed by atoms with Crippen molar-refractivity contribution >= 4 is 17.6 Å². The highest BCUT2D eigenvalue weighted by atomic mass is 16.5. The van der Waals surface area contributed by atoms with Crippen LogP contribution in [0, 0.1) is 12.8 Å². The van der Waals surface area contributed by atoms with Crippen molar-refractivity contribution in [2.45, 2.75) is 66.9 Å². The minimum atomic E-state index is -0.294. The first-order chi connectivity index (χ1) is 14.3. The molecule has 0 saturated heterocycles. The average Bonchev–Trinajstić information content (AvgIpc) is 3.08. The Balaban J connectivity index is 2.15. The molecule has 1 aliphatic heterocycles. The molecule has 1 aliphatic rings. The molecule has 0 fully saturated rings. The van der Waals surface area contributed by atoms with Crippen molar-refractivity contribution in [1.82, 2.24) is 0 Å². The molecule has 1 aromatic rings. The smallest absolute Gasteiger partial charge is 0.341 e. The first kappa shape index (κ1) is 23.8. The number of hydrogen-bond donors (Lipinski definition) is 1. The summed E-state index contributed by atoms with van der Waals surface area (Å²) < 4.78 is 16.3. The monoisotopic (exact) mass is 417 g/mol. The minimum absolute atomic E-state index is 0.162. The molecule has 0 aliphatic carbocycles. The van der Waals surface area contributed by atoms with Gasteiger partial charge in [0.1, 0.15) is 12.4 Å². The van der Waals surface area contributed by atoms with Gasteiger partial charge in [0.05, 0.1) is 25.0 Å². The van der Waals surface area contributed by atoms with Gasteiger partial charge in [-0.2, -0.15) is 0 Å². The second-order valence-electron chi connectivity index (χ2n) is 8.13. The number of fused-ring (bicyclic) bond motifs is 1. The van der Waals surface area contributed by atoms with Crippen LogP contribution in [0.4, 0.5) is 5.69 Å². The first-order valence-corrected chi connectivity index (χ1v) is 10.7. The predicted molar refractivity (Wildman–Crippen MR) is 118 cm³/mol. The number of anilines is 1. The van der Waals surface area contributed by atoms with Gasteiger partial charge in [-0.1, -0.05) is 25.5 Å². The summed E-state index contributed by atoms with van der Waals surface area (Å²) in [5, 5.41) is 3.33. The normalized spacial score (nSPS) is 13.3. The Hall–Kier alpha value is -2.50. The largest absolute Gasteiger partial charge is 0.496 e. The van der Waals surface area contributed by atoms with Gasteiger partial charge in [-0.3, -0.25) is 4.79 Å². The van der Waals surface area contributed by atoms with E-state index in [2.05, 4.69) is 25.2 Å². The topological polar surface area (TPSA) is 73.9 Å². The van der Waals surface area contributed by atoms with Crippen LogP contribution in [0.3, 0.4) is 0 Å². The van der Waals surface area contributed by atoms with E-state index in [1.807, 2.05) is 20.8 Å². The number of hydrogen-bond acceptors (Lipinski definition) is 6. The third-order valence-electron chi connectivity index (χ3n) is 5.37. The molecule has 0 spiro atoms. The van der Waals surface area contributed by atoms with Gasteiger partial charge in [-0.05, 0) is 51.5 Å². The standard InChI is InChI=1S/C24H35NO5/c1-7-25-22-18(23(28-6)17(5)19-14-30-24(27)21(19)22)10-8-16(4)9-11-20(26)29-13-12-15(2)3/h8,15,25H,7,9-14H2,1-6H3. The number of methoxy groups -OCH3 is 1. The van der Waals surface area contributed by atoms with Crippen molar-refractivity contribution in [1.29, 1.82) is 0 Å². The van der Waals surface area contributed by atoms with E-state index in [1.54, 1.807) is 7.11 Å². The molecule has 0 aromatic heterocycles. The molecular weight excluding hydrogens is 382 g/mol. The van der Waals surface area contributed by atoms with Crippen molar-refractivity contribution in [3.8, 4) is 5.75 Å². The minimum Gasteiger partial charge on any atom is -0.496 e. The number of carbonyl (C=O) groups excluding carboxylic acids is 2. The van der Waals surface area contributed by atoms with Crippen LogP contribution in [-0.4, -0.2) is 32.2 Å². The Morgan fingerprint density at radius 3 is 2.67 bits per heavy atom. The molecule has 0 radical (unpaired) electrons. The average molecular weight is 418 g/mol. The molecule has 0 bridgehead atoms. The highest BCUT2D eigenvalue weighted by molar-refractivity contribution is 6.01. The molecule has 166 valence electrons. The summed E-state index contributed by atoms with van der Waals surface area (Å²) in [5.41, 5.74) is 5.27.